The highest BCUT2D eigenvalue weighted by Crippen LogP contribution is 2.19. The van der Waals surface area contributed by atoms with Crippen molar-refractivity contribution >= 4 is 11.9 Å². The van der Waals surface area contributed by atoms with Crippen LogP contribution in [0.4, 0.5) is 4.79 Å². The second-order valence-electron chi connectivity index (χ2n) is 5.62. The molecule has 19 heavy (non-hydrogen) atoms. The van der Waals surface area contributed by atoms with Crippen molar-refractivity contribution in [1.29, 1.82) is 0 Å². The molecule has 0 aromatic rings. The average Bonchev–Trinajstić information content (AvgIpc) is 3.13. The minimum absolute atomic E-state index is 0.216. The first-order chi connectivity index (χ1) is 9.17. The summed E-state index contributed by atoms with van der Waals surface area (Å²) >= 11 is 0. The molecule has 1 heterocycles. The highest BCUT2D eigenvalue weighted by molar-refractivity contribution is 5.95. The van der Waals surface area contributed by atoms with E-state index in [1.54, 1.807) is 0 Å². The van der Waals surface area contributed by atoms with Gasteiger partial charge in [0.05, 0.1) is 6.54 Å². The SMILES string of the molecule is NCCC1CCCN(CC(=O)NC(=O)NC2CC2)C1. The highest BCUT2D eigenvalue weighted by Gasteiger charge is 2.25. The average molecular weight is 268 g/mol. The van der Waals surface area contributed by atoms with Crippen molar-refractivity contribution in [2.45, 2.75) is 38.1 Å². The molecular formula is C13H24N4O2. The van der Waals surface area contributed by atoms with Crippen LogP contribution in [-0.4, -0.2) is 49.1 Å². The fourth-order valence-corrected chi connectivity index (χ4v) is 2.58. The van der Waals surface area contributed by atoms with Gasteiger partial charge >= 0.3 is 6.03 Å². The lowest BCUT2D eigenvalue weighted by molar-refractivity contribution is -0.121. The van der Waals surface area contributed by atoms with E-state index < -0.39 is 0 Å². The molecule has 0 aromatic carbocycles. The van der Waals surface area contributed by atoms with Crippen molar-refractivity contribution in [3.8, 4) is 0 Å². The Kier molecular flexibility index (Phi) is 5.15. The third kappa shape index (κ3) is 5.16. The van der Waals surface area contributed by atoms with E-state index in [1.165, 1.54) is 6.42 Å². The number of nitrogens with zero attached hydrogens (tertiary/aromatic N) is 1. The maximum Gasteiger partial charge on any atom is 0.321 e. The molecule has 0 radical (unpaired) electrons. The second kappa shape index (κ2) is 6.86. The van der Waals surface area contributed by atoms with Crippen LogP contribution in [0.5, 0.6) is 0 Å². The first kappa shape index (κ1) is 14.3. The molecule has 108 valence electrons. The molecule has 1 aliphatic heterocycles. The van der Waals surface area contributed by atoms with Crippen molar-refractivity contribution in [3.63, 3.8) is 0 Å². The quantitative estimate of drug-likeness (QED) is 0.657. The number of amides is 3. The monoisotopic (exact) mass is 268 g/mol. The zero-order chi connectivity index (χ0) is 13.7. The second-order valence-corrected chi connectivity index (χ2v) is 5.62. The van der Waals surface area contributed by atoms with Crippen LogP contribution >= 0.6 is 0 Å². The summed E-state index contributed by atoms with van der Waals surface area (Å²) in [4.78, 5) is 25.3. The fraction of sp³-hybridized carbons (Fsp3) is 0.846. The van der Waals surface area contributed by atoms with Gasteiger partial charge in [-0.1, -0.05) is 0 Å². The minimum atomic E-state index is -0.358. The molecule has 0 aromatic heterocycles. The van der Waals surface area contributed by atoms with Crippen LogP contribution in [0.3, 0.4) is 0 Å². The number of carbonyl (C=O) groups is 2. The first-order valence-corrected chi connectivity index (χ1v) is 7.20. The number of imide groups is 1. The van der Waals surface area contributed by atoms with Crippen molar-refractivity contribution < 1.29 is 9.59 Å². The van der Waals surface area contributed by atoms with Gasteiger partial charge in [-0.2, -0.15) is 0 Å². The number of rotatable bonds is 5. The summed E-state index contributed by atoms with van der Waals surface area (Å²) in [6, 6.07) is -0.0836. The topological polar surface area (TPSA) is 87.5 Å². The highest BCUT2D eigenvalue weighted by atomic mass is 16.2. The van der Waals surface area contributed by atoms with Crippen LogP contribution in [0.25, 0.3) is 0 Å². The van der Waals surface area contributed by atoms with Gasteiger partial charge in [-0.05, 0) is 51.1 Å². The summed E-state index contributed by atoms with van der Waals surface area (Å²) in [6.45, 7) is 2.85. The van der Waals surface area contributed by atoms with Gasteiger partial charge in [0, 0.05) is 12.6 Å². The largest absolute Gasteiger partial charge is 0.335 e. The third-order valence-electron chi connectivity index (χ3n) is 3.71. The molecule has 1 aliphatic carbocycles. The van der Waals surface area contributed by atoms with Gasteiger partial charge in [-0.3, -0.25) is 15.0 Å². The van der Waals surface area contributed by atoms with E-state index in [4.69, 9.17) is 5.73 Å². The Morgan fingerprint density at radius 3 is 2.74 bits per heavy atom. The molecule has 3 amide bonds. The standard InChI is InChI=1S/C13H24N4O2/c14-6-5-10-2-1-7-17(8-10)9-12(18)16-13(19)15-11-3-4-11/h10-11H,1-9,14H2,(H2,15,16,18,19). The van der Waals surface area contributed by atoms with Gasteiger partial charge in [-0.25, -0.2) is 4.79 Å². The number of hydrogen-bond acceptors (Lipinski definition) is 4. The predicted molar refractivity (Wildman–Crippen MR) is 72.5 cm³/mol. The summed E-state index contributed by atoms with van der Waals surface area (Å²) < 4.78 is 0. The molecule has 2 rings (SSSR count). The normalized spacial score (nSPS) is 23.9. The van der Waals surface area contributed by atoms with Crippen LogP contribution < -0.4 is 16.4 Å². The summed E-state index contributed by atoms with van der Waals surface area (Å²) in [7, 11) is 0. The van der Waals surface area contributed by atoms with Gasteiger partial charge in [0.2, 0.25) is 5.91 Å². The lowest BCUT2D eigenvalue weighted by Gasteiger charge is -2.31. The Morgan fingerprint density at radius 2 is 2.05 bits per heavy atom. The van der Waals surface area contributed by atoms with E-state index in [-0.39, 0.29) is 18.0 Å². The predicted octanol–water partition coefficient (Wildman–Crippen LogP) is 0.0354. The minimum Gasteiger partial charge on any atom is -0.335 e. The van der Waals surface area contributed by atoms with E-state index in [1.807, 2.05) is 0 Å². The zero-order valence-corrected chi connectivity index (χ0v) is 11.4. The lowest BCUT2D eigenvalue weighted by Crippen LogP contribution is -2.47. The van der Waals surface area contributed by atoms with Gasteiger partial charge < -0.3 is 11.1 Å². The van der Waals surface area contributed by atoms with Crippen LogP contribution in [-0.2, 0) is 4.79 Å². The molecular weight excluding hydrogens is 244 g/mol. The van der Waals surface area contributed by atoms with Crippen LogP contribution in [0.1, 0.15) is 32.1 Å². The number of nitrogens with one attached hydrogen (secondary N) is 2. The molecule has 2 fully saturated rings. The van der Waals surface area contributed by atoms with E-state index in [0.29, 0.717) is 19.0 Å². The van der Waals surface area contributed by atoms with Gasteiger partial charge in [-0.15, -0.1) is 0 Å². The molecule has 2 aliphatic rings. The number of piperidine rings is 1. The maximum atomic E-state index is 11.7. The summed E-state index contributed by atoms with van der Waals surface area (Å²) in [5.74, 6) is 0.374. The molecule has 4 N–H and O–H groups in total. The Balaban J connectivity index is 1.67. The number of urea groups is 1. The molecule has 6 heteroatoms. The fourth-order valence-electron chi connectivity index (χ4n) is 2.58. The third-order valence-corrected chi connectivity index (χ3v) is 3.71. The molecule has 1 atom stereocenters. The van der Waals surface area contributed by atoms with Gasteiger partial charge in [0.15, 0.2) is 0 Å². The lowest BCUT2D eigenvalue weighted by atomic mass is 9.95. The zero-order valence-electron chi connectivity index (χ0n) is 11.4. The van der Waals surface area contributed by atoms with Crippen molar-refractivity contribution in [3.05, 3.63) is 0 Å². The van der Waals surface area contributed by atoms with Crippen molar-refractivity contribution in [2.24, 2.45) is 11.7 Å². The van der Waals surface area contributed by atoms with Crippen LogP contribution in [0.2, 0.25) is 0 Å². The van der Waals surface area contributed by atoms with E-state index in [2.05, 4.69) is 15.5 Å². The van der Waals surface area contributed by atoms with E-state index in [0.717, 1.165) is 38.8 Å². The molecule has 1 saturated carbocycles. The van der Waals surface area contributed by atoms with Gasteiger partial charge in [0.25, 0.3) is 0 Å². The maximum absolute atomic E-state index is 11.7. The molecule has 1 saturated heterocycles. The van der Waals surface area contributed by atoms with Crippen LogP contribution in [0, 0.1) is 5.92 Å². The Morgan fingerprint density at radius 1 is 1.26 bits per heavy atom. The number of hydrogen-bond donors (Lipinski definition) is 3. The Labute approximate surface area is 114 Å². The van der Waals surface area contributed by atoms with Gasteiger partial charge in [0.1, 0.15) is 0 Å². The summed E-state index contributed by atoms with van der Waals surface area (Å²) in [5, 5.41) is 5.14. The molecule has 0 spiro atoms. The first-order valence-electron chi connectivity index (χ1n) is 7.20. The van der Waals surface area contributed by atoms with Crippen molar-refractivity contribution in [1.82, 2.24) is 15.5 Å². The Bertz CT molecular complexity index is 329. The Hall–Kier alpha value is -1.14. The summed E-state index contributed by atoms with van der Waals surface area (Å²) in [6.07, 6.45) is 5.35. The number of nitrogens with two attached hydrogens (primary N) is 1. The molecule has 0 bridgehead atoms. The number of likely N-dealkylation sites (tertiary alicyclic amines) is 1. The van der Waals surface area contributed by atoms with Crippen molar-refractivity contribution in [2.75, 3.05) is 26.2 Å². The smallest absolute Gasteiger partial charge is 0.321 e. The summed E-state index contributed by atoms with van der Waals surface area (Å²) in [5.41, 5.74) is 5.57. The van der Waals surface area contributed by atoms with E-state index in [9.17, 15) is 9.59 Å². The number of carbonyl (C=O) groups excluding carboxylic acids is 2. The molecule has 1 unspecified atom stereocenters. The van der Waals surface area contributed by atoms with E-state index >= 15 is 0 Å². The van der Waals surface area contributed by atoms with Crippen LogP contribution in [0.15, 0.2) is 0 Å². The molecule has 6 nitrogen and oxygen atoms in total.